The zero-order valence-electron chi connectivity index (χ0n) is 8.28. The fraction of sp³-hybridized carbons (Fsp3) is 0.667. The molecule has 5 heteroatoms. The smallest absolute Gasteiger partial charge is 0.329 e. The predicted octanol–water partition coefficient (Wildman–Crippen LogP) is 0.0870. The van der Waals surface area contributed by atoms with Crippen LogP contribution in [0.1, 0.15) is 26.2 Å². The van der Waals surface area contributed by atoms with E-state index in [9.17, 15) is 14.4 Å². The van der Waals surface area contributed by atoms with Gasteiger partial charge in [-0.1, -0.05) is 6.92 Å². The van der Waals surface area contributed by atoms with Gasteiger partial charge in [0.2, 0.25) is 11.8 Å². The lowest BCUT2D eigenvalue weighted by Crippen LogP contribution is -2.44. The quantitative estimate of drug-likeness (QED) is 0.477. The minimum Gasteiger partial charge on any atom is -0.467 e. The first kappa shape index (κ1) is 10.7. The SMILES string of the molecule is CCC(C(=O)OC)N1C(=O)CCC1=O. The van der Waals surface area contributed by atoms with Crippen LogP contribution in [0.3, 0.4) is 0 Å². The molecule has 78 valence electrons. The molecule has 1 aliphatic heterocycles. The Kier molecular flexibility index (Phi) is 3.22. The lowest BCUT2D eigenvalue weighted by Gasteiger charge is -2.22. The van der Waals surface area contributed by atoms with E-state index in [0.717, 1.165) is 4.90 Å². The standard InChI is InChI=1S/C9H13NO4/c1-3-6(9(13)14-2)10-7(11)4-5-8(10)12/h6H,3-5H2,1-2H3. The van der Waals surface area contributed by atoms with Gasteiger partial charge in [-0.3, -0.25) is 14.5 Å². The fourth-order valence-corrected chi connectivity index (χ4v) is 1.53. The lowest BCUT2D eigenvalue weighted by molar-refractivity contribution is -0.156. The van der Waals surface area contributed by atoms with E-state index in [1.54, 1.807) is 6.92 Å². The van der Waals surface area contributed by atoms with Crippen molar-refractivity contribution in [1.82, 2.24) is 4.90 Å². The van der Waals surface area contributed by atoms with Gasteiger partial charge in [-0.15, -0.1) is 0 Å². The average Bonchev–Trinajstić information content (AvgIpc) is 2.50. The number of hydrogen-bond acceptors (Lipinski definition) is 4. The topological polar surface area (TPSA) is 63.7 Å². The van der Waals surface area contributed by atoms with Gasteiger partial charge in [0.1, 0.15) is 6.04 Å². The summed E-state index contributed by atoms with van der Waals surface area (Å²) < 4.78 is 4.53. The minimum atomic E-state index is -0.748. The molecule has 0 aromatic heterocycles. The van der Waals surface area contributed by atoms with Crippen LogP contribution in [-0.4, -0.2) is 35.8 Å². The van der Waals surface area contributed by atoms with Crippen molar-refractivity contribution < 1.29 is 19.1 Å². The number of ether oxygens (including phenoxy) is 1. The van der Waals surface area contributed by atoms with E-state index in [0.29, 0.717) is 6.42 Å². The van der Waals surface area contributed by atoms with Crippen LogP contribution < -0.4 is 0 Å². The summed E-state index contributed by atoms with van der Waals surface area (Å²) in [7, 11) is 1.25. The Morgan fingerprint density at radius 1 is 1.43 bits per heavy atom. The Labute approximate surface area is 82.0 Å². The van der Waals surface area contributed by atoms with Crippen molar-refractivity contribution in [3.8, 4) is 0 Å². The molecule has 1 aliphatic rings. The van der Waals surface area contributed by atoms with Crippen LogP contribution in [0.4, 0.5) is 0 Å². The zero-order chi connectivity index (χ0) is 10.7. The number of imide groups is 1. The summed E-state index contributed by atoms with van der Waals surface area (Å²) in [4.78, 5) is 34.9. The summed E-state index contributed by atoms with van der Waals surface area (Å²) in [6.07, 6.45) is 0.794. The summed E-state index contributed by atoms with van der Waals surface area (Å²) in [5.74, 6) is -1.10. The van der Waals surface area contributed by atoms with Crippen LogP contribution in [0.15, 0.2) is 0 Å². The highest BCUT2D eigenvalue weighted by molar-refractivity contribution is 6.05. The third-order valence-corrected chi connectivity index (χ3v) is 2.26. The predicted molar refractivity (Wildman–Crippen MR) is 47.2 cm³/mol. The number of hydrogen-bond donors (Lipinski definition) is 0. The van der Waals surface area contributed by atoms with E-state index in [1.165, 1.54) is 7.11 Å². The molecule has 0 spiro atoms. The molecule has 1 unspecified atom stereocenters. The third kappa shape index (κ3) is 1.76. The molecular formula is C9H13NO4. The van der Waals surface area contributed by atoms with E-state index in [1.807, 2.05) is 0 Å². The Morgan fingerprint density at radius 2 is 1.93 bits per heavy atom. The van der Waals surface area contributed by atoms with Crippen molar-refractivity contribution in [2.24, 2.45) is 0 Å². The average molecular weight is 199 g/mol. The maximum absolute atomic E-state index is 11.3. The molecule has 0 N–H and O–H groups in total. The van der Waals surface area contributed by atoms with Gasteiger partial charge in [0.25, 0.3) is 0 Å². The van der Waals surface area contributed by atoms with E-state index >= 15 is 0 Å². The first-order valence-electron chi connectivity index (χ1n) is 4.54. The number of amides is 2. The van der Waals surface area contributed by atoms with E-state index in [2.05, 4.69) is 4.74 Å². The van der Waals surface area contributed by atoms with Crippen LogP contribution in [0, 0.1) is 0 Å². The second-order valence-electron chi connectivity index (χ2n) is 3.10. The highest BCUT2D eigenvalue weighted by atomic mass is 16.5. The van der Waals surface area contributed by atoms with Gasteiger partial charge in [0, 0.05) is 12.8 Å². The van der Waals surface area contributed by atoms with Crippen LogP contribution in [-0.2, 0) is 19.1 Å². The van der Waals surface area contributed by atoms with Crippen LogP contribution in [0.2, 0.25) is 0 Å². The molecule has 0 aromatic rings. The van der Waals surface area contributed by atoms with Gasteiger partial charge in [-0.2, -0.15) is 0 Å². The molecule has 1 heterocycles. The van der Waals surface area contributed by atoms with Crippen molar-refractivity contribution in [1.29, 1.82) is 0 Å². The first-order chi connectivity index (χ1) is 6.61. The molecule has 1 fully saturated rings. The zero-order valence-corrected chi connectivity index (χ0v) is 8.28. The van der Waals surface area contributed by atoms with Gasteiger partial charge >= 0.3 is 5.97 Å². The molecular weight excluding hydrogens is 186 g/mol. The number of carbonyl (C=O) groups excluding carboxylic acids is 3. The summed E-state index contributed by atoms with van der Waals surface area (Å²) in [6.45, 7) is 1.74. The van der Waals surface area contributed by atoms with Crippen molar-refractivity contribution in [2.45, 2.75) is 32.2 Å². The van der Waals surface area contributed by atoms with Crippen LogP contribution >= 0.6 is 0 Å². The molecule has 1 rings (SSSR count). The van der Waals surface area contributed by atoms with Crippen molar-refractivity contribution >= 4 is 17.8 Å². The molecule has 0 bridgehead atoms. The van der Waals surface area contributed by atoms with Crippen molar-refractivity contribution in [3.63, 3.8) is 0 Å². The highest BCUT2D eigenvalue weighted by Crippen LogP contribution is 2.17. The van der Waals surface area contributed by atoms with E-state index < -0.39 is 12.0 Å². The Bertz CT molecular complexity index is 258. The third-order valence-electron chi connectivity index (χ3n) is 2.26. The van der Waals surface area contributed by atoms with Gasteiger partial charge < -0.3 is 4.74 Å². The van der Waals surface area contributed by atoms with E-state index in [-0.39, 0.29) is 24.7 Å². The minimum absolute atomic E-state index is 0.201. The van der Waals surface area contributed by atoms with E-state index in [4.69, 9.17) is 0 Å². The van der Waals surface area contributed by atoms with Gasteiger partial charge in [-0.05, 0) is 6.42 Å². The number of likely N-dealkylation sites (tertiary alicyclic amines) is 1. The number of methoxy groups -OCH3 is 1. The first-order valence-corrected chi connectivity index (χ1v) is 4.54. The van der Waals surface area contributed by atoms with Gasteiger partial charge in [0.15, 0.2) is 0 Å². The monoisotopic (exact) mass is 199 g/mol. The Morgan fingerprint density at radius 3 is 2.29 bits per heavy atom. The molecule has 14 heavy (non-hydrogen) atoms. The Hall–Kier alpha value is -1.39. The summed E-state index contributed by atoms with van der Waals surface area (Å²) >= 11 is 0. The normalized spacial score (nSPS) is 18.6. The highest BCUT2D eigenvalue weighted by Gasteiger charge is 2.38. The number of esters is 1. The van der Waals surface area contributed by atoms with Crippen LogP contribution in [0.5, 0.6) is 0 Å². The molecule has 2 amide bonds. The summed E-state index contributed by atoms with van der Waals surface area (Å²) in [5.41, 5.74) is 0. The van der Waals surface area contributed by atoms with Crippen molar-refractivity contribution in [2.75, 3.05) is 7.11 Å². The fourth-order valence-electron chi connectivity index (χ4n) is 1.53. The second-order valence-corrected chi connectivity index (χ2v) is 3.10. The largest absolute Gasteiger partial charge is 0.467 e. The Balaban J connectivity index is 2.82. The maximum Gasteiger partial charge on any atom is 0.329 e. The van der Waals surface area contributed by atoms with Gasteiger partial charge in [0.05, 0.1) is 7.11 Å². The maximum atomic E-state index is 11.3. The summed E-state index contributed by atoms with van der Waals surface area (Å²) in [5, 5.41) is 0. The second kappa shape index (κ2) is 4.21. The molecule has 5 nitrogen and oxygen atoms in total. The summed E-state index contributed by atoms with van der Waals surface area (Å²) in [6, 6.07) is -0.748. The van der Waals surface area contributed by atoms with Gasteiger partial charge in [-0.25, -0.2) is 4.79 Å². The van der Waals surface area contributed by atoms with Crippen LogP contribution in [0.25, 0.3) is 0 Å². The number of nitrogens with zero attached hydrogens (tertiary/aromatic N) is 1. The molecule has 0 saturated carbocycles. The molecule has 1 atom stereocenters. The molecule has 0 radical (unpaired) electrons. The lowest BCUT2D eigenvalue weighted by atomic mass is 10.2. The number of rotatable bonds is 3. The van der Waals surface area contributed by atoms with Crippen molar-refractivity contribution in [3.05, 3.63) is 0 Å². The molecule has 1 saturated heterocycles. The molecule has 0 aromatic carbocycles. The molecule has 0 aliphatic carbocycles. The number of carbonyl (C=O) groups is 3.